The third-order valence-electron chi connectivity index (χ3n) is 4.59. The highest BCUT2D eigenvalue weighted by atomic mass is 19.1. The predicted octanol–water partition coefficient (Wildman–Crippen LogP) is 3.68. The highest BCUT2D eigenvalue weighted by Gasteiger charge is 2.36. The maximum atomic E-state index is 13.2. The van der Waals surface area contributed by atoms with Crippen molar-refractivity contribution in [2.75, 3.05) is 12.0 Å². The van der Waals surface area contributed by atoms with Crippen molar-refractivity contribution < 1.29 is 28.2 Å². The van der Waals surface area contributed by atoms with Crippen LogP contribution in [-0.2, 0) is 9.59 Å². The van der Waals surface area contributed by atoms with E-state index in [1.54, 1.807) is 18.2 Å². The van der Waals surface area contributed by atoms with Crippen LogP contribution in [0.1, 0.15) is 25.8 Å². The standard InChI is InChI=1S/C22H21FN2O5/c1-4-13(2)30-18-10-5-14(12-19(18)29-3)11-17-20(26)24-22(28)25(21(17)27)16-8-6-15(23)7-9-16/h5-13H,4H2,1-3H3,(H,24,26,28)/b17-11+/t13-/m1/s1. The fourth-order valence-corrected chi connectivity index (χ4v) is 2.82. The lowest BCUT2D eigenvalue weighted by Gasteiger charge is -2.26. The second kappa shape index (κ2) is 8.77. The molecule has 2 aromatic carbocycles. The number of ether oxygens (including phenoxy) is 2. The average molecular weight is 412 g/mol. The van der Waals surface area contributed by atoms with Crippen LogP contribution in [0.5, 0.6) is 11.5 Å². The number of benzene rings is 2. The summed E-state index contributed by atoms with van der Waals surface area (Å²) in [6.07, 6.45) is 2.16. The van der Waals surface area contributed by atoms with Crippen LogP contribution in [0.15, 0.2) is 48.0 Å². The molecule has 2 aromatic rings. The number of imide groups is 2. The third-order valence-corrected chi connectivity index (χ3v) is 4.59. The van der Waals surface area contributed by atoms with Crippen LogP contribution >= 0.6 is 0 Å². The molecule has 4 amide bonds. The van der Waals surface area contributed by atoms with Crippen LogP contribution in [-0.4, -0.2) is 31.1 Å². The molecule has 1 heterocycles. The van der Waals surface area contributed by atoms with Crippen molar-refractivity contribution >= 4 is 29.6 Å². The van der Waals surface area contributed by atoms with Crippen molar-refractivity contribution in [3.8, 4) is 11.5 Å². The first-order valence-corrected chi connectivity index (χ1v) is 9.35. The topological polar surface area (TPSA) is 84.9 Å². The molecule has 0 bridgehead atoms. The molecule has 0 aliphatic carbocycles. The Bertz CT molecular complexity index is 1020. The maximum Gasteiger partial charge on any atom is 0.335 e. The minimum absolute atomic E-state index is 0.0101. The molecule has 0 aromatic heterocycles. The first kappa shape index (κ1) is 21.0. The van der Waals surface area contributed by atoms with Gasteiger partial charge in [-0.05, 0) is 61.4 Å². The Morgan fingerprint density at radius 1 is 1.10 bits per heavy atom. The van der Waals surface area contributed by atoms with E-state index in [1.807, 2.05) is 13.8 Å². The zero-order valence-electron chi connectivity index (χ0n) is 16.8. The number of amides is 4. The lowest BCUT2D eigenvalue weighted by atomic mass is 10.1. The zero-order chi connectivity index (χ0) is 21.8. The Balaban J connectivity index is 1.95. The van der Waals surface area contributed by atoms with E-state index in [0.29, 0.717) is 17.1 Å². The van der Waals surface area contributed by atoms with Crippen LogP contribution < -0.4 is 19.7 Å². The van der Waals surface area contributed by atoms with Crippen molar-refractivity contribution in [2.24, 2.45) is 0 Å². The quantitative estimate of drug-likeness (QED) is 0.578. The van der Waals surface area contributed by atoms with Gasteiger partial charge in [-0.15, -0.1) is 0 Å². The average Bonchev–Trinajstić information content (AvgIpc) is 2.73. The summed E-state index contributed by atoms with van der Waals surface area (Å²) in [5.74, 6) is -1.16. The number of urea groups is 1. The van der Waals surface area contributed by atoms with Crippen molar-refractivity contribution in [3.05, 3.63) is 59.4 Å². The largest absolute Gasteiger partial charge is 0.493 e. The SMILES string of the molecule is CC[C@@H](C)Oc1ccc(/C=C2\C(=O)NC(=O)N(c3ccc(F)cc3)C2=O)cc1OC. The molecule has 1 aliphatic heterocycles. The van der Waals surface area contributed by atoms with Gasteiger partial charge in [0, 0.05) is 0 Å². The molecule has 3 rings (SSSR count). The van der Waals surface area contributed by atoms with E-state index >= 15 is 0 Å². The summed E-state index contributed by atoms with van der Waals surface area (Å²) >= 11 is 0. The van der Waals surface area contributed by atoms with Gasteiger partial charge in [0.1, 0.15) is 11.4 Å². The monoisotopic (exact) mass is 412 g/mol. The Hall–Kier alpha value is -3.68. The number of carbonyl (C=O) groups is 3. The molecule has 30 heavy (non-hydrogen) atoms. The highest BCUT2D eigenvalue weighted by Crippen LogP contribution is 2.31. The van der Waals surface area contributed by atoms with Gasteiger partial charge in [0.05, 0.1) is 18.9 Å². The van der Waals surface area contributed by atoms with Crippen LogP contribution in [0.4, 0.5) is 14.9 Å². The molecular formula is C22H21FN2O5. The summed E-state index contributed by atoms with van der Waals surface area (Å²) in [5.41, 5.74) is 0.416. The Labute approximate surface area is 173 Å². The van der Waals surface area contributed by atoms with Gasteiger partial charge < -0.3 is 9.47 Å². The number of nitrogens with one attached hydrogen (secondary N) is 1. The van der Waals surface area contributed by atoms with Gasteiger partial charge in [-0.2, -0.15) is 0 Å². The van der Waals surface area contributed by atoms with E-state index in [2.05, 4.69) is 5.32 Å². The molecule has 8 heteroatoms. The summed E-state index contributed by atoms with van der Waals surface area (Å²) in [5, 5.41) is 2.13. The van der Waals surface area contributed by atoms with E-state index in [-0.39, 0.29) is 17.4 Å². The molecule has 1 atom stereocenters. The normalized spacial score (nSPS) is 16.5. The van der Waals surface area contributed by atoms with Crippen molar-refractivity contribution in [2.45, 2.75) is 26.4 Å². The summed E-state index contributed by atoms with van der Waals surface area (Å²) in [6, 6.07) is 8.90. The Morgan fingerprint density at radius 2 is 1.80 bits per heavy atom. The zero-order valence-corrected chi connectivity index (χ0v) is 16.8. The second-order valence-corrected chi connectivity index (χ2v) is 6.68. The maximum absolute atomic E-state index is 13.2. The second-order valence-electron chi connectivity index (χ2n) is 6.68. The van der Waals surface area contributed by atoms with Crippen LogP contribution in [0.25, 0.3) is 6.08 Å². The number of anilines is 1. The molecule has 0 unspecified atom stereocenters. The van der Waals surface area contributed by atoms with Crippen molar-refractivity contribution in [1.29, 1.82) is 0 Å². The van der Waals surface area contributed by atoms with Gasteiger partial charge in [-0.1, -0.05) is 13.0 Å². The summed E-state index contributed by atoms with van der Waals surface area (Å²) < 4.78 is 24.3. The Morgan fingerprint density at radius 3 is 2.43 bits per heavy atom. The fourth-order valence-electron chi connectivity index (χ4n) is 2.82. The number of barbiturate groups is 1. The number of methoxy groups -OCH3 is 1. The van der Waals surface area contributed by atoms with Crippen molar-refractivity contribution in [3.63, 3.8) is 0 Å². The predicted molar refractivity (Wildman–Crippen MR) is 109 cm³/mol. The molecule has 0 spiro atoms. The first-order valence-electron chi connectivity index (χ1n) is 9.35. The van der Waals surface area contributed by atoms with E-state index in [0.717, 1.165) is 23.5 Å². The third kappa shape index (κ3) is 4.32. The number of halogens is 1. The van der Waals surface area contributed by atoms with Gasteiger partial charge in [0.15, 0.2) is 11.5 Å². The fraction of sp³-hybridized carbons (Fsp3) is 0.227. The summed E-state index contributed by atoms with van der Waals surface area (Å²) in [6.45, 7) is 3.93. The molecule has 1 aliphatic rings. The first-order chi connectivity index (χ1) is 14.3. The molecule has 7 nitrogen and oxygen atoms in total. The molecule has 1 N–H and O–H groups in total. The number of nitrogens with zero attached hydrogens (tertiary/aromatic N) is 1. The van der Waals surface area contributed by atoms with E-state index in [4.69, 9.17) is 9.47 Å². The van der Waals surface area contributed by atoms with Crippen LogP contribution in [0.2, 0.25) is 0 Å². The van der Waals surface area contributed by atoms with Gasteiger partial charge in [-0.3, -0.25) is 14.9 Å². The van der Waals surface area contributed by atoms with Gasteiger partial charge in [0.25, 0.3) is 11.8 Å². The van der Waals surface area contributed by atoms with Crippen LogP contribution in [0.3, 0.4) is 0 Å². The lowest BCUT2D eigenvalue weighted by molar-refractivity contribution is -0.122. The smallest absolute Gasteiger partial charge is 0.335 e. The Kier molecular flexibility index (Phi) is 6.15. The number of hydrogen-bond acceptors (Lipinski definition) is 5. The van der Waals surface area contributed by atoms with Crippen LogP contribution in [0, 0.1) is 5.82 Å². The van der Waals surface area contributed by atoms with Gasteiger partial charge >= 0.3 is 6.03 Å². The number of carbonyl (C=O) groups excluding carboxylic acids is 3. The van der Waals surface area contributed by atoms with E-state index in [9.17, 15) is 18.8 Å². The minimum atomic E-state index is -0.899. The number of hydrogen-bond donors (Lipinski definition) is 1. The summed E-state index contributed by atoms with van der Waals surface area (Å²) in [4.78, 5) is 38.1. The summed E-state index contributed by atoms with van der Waals surface area (Å²) in [7, 11) is 1.49. The molecule has 0 radical (unpaired) electrons. The minimum Gasteiger partial charge on any atom is -0.493 e. The van der Waals surface area contributed by atoms with Gasteiger partial charge in [0.2, 0.25) is 0 Å². The van der Waals surface area contributed by atoms with E-state index < -0.39 is 23.7 Å². The number of rotatable bonds is 6. The van der Waals surface area contributed by atoms with E-state index in [1.165, 1.54) is 25.3 Å². The molecular weight excluding hydrogens is 391 g/mol. The van der Waals surface area contributed by atoms with Crippen molar-refractivity contribution in [1.82, 2.24) is 5.32 Å². The molecule has 156 valence electrons. The lowest BCUT2D eigenvalue weighted by Crippen LogP contribution is -2.54. The molecule has 1 saturated heterocycles. The highest BCUT2D eigenvalue weighted by molar-refractivity contribution is 6.39. The molecule has 1 fully saturated rings. The van der Waals surface area contributed by atoms with Gasteiger partial charge in [-0.25, -0.2) is 14.1 Å². The molecule has 0 saturated carbocycles.